The van der Waals surface area contributed by atoms with Crippen LogP contribution < -0.4 is 24.3 Å². The number of rotatable bonds is 5. The smallest absolute Gasteiger partial charge is 0.493 e. The molecule has 0 unspecified atom stereocenters. The molecule has 2 heterocycles. The second kappa shape index (κ2) is 10.5. The number of benzene rings is 2. The molecule has 6 nitrogen and oxygen atoms in total. The van der Waals surface area contributed by atoms with Crippen LogP contribution in [0.4, 0.5) is 13.2 Å². The van der Waals surface area contributed by atoms with Crippen molar-refractivity contribution in [2.45, 2.75) is 12.4 Å². The average Bonchev–Trinajstić information content (AvgIpc) is 3.17. The summed E-state index contributed by atoms with van der Waals surface area (Å²) in [6, 6.07) is 9.60. The average molecular weight is 483 g/mol. The molecule has 0 bridgehead atoms. The van der Waals surface area contributed by atoms with Crippen LogP contribution in [0.15, 0.2) is 36.4 Å². The molecule has 2 aromatic carbocycles. The molecule has 172 valence electrons. The molecule has 1 fully saturated rings. The molecule has 0 radical (unpaired) electrons. The van der Waals surface area contributed by atoms with Gasteiger partial charge in [-0.15, -0.1) is 38.0 Å². The number of nitrogens with zero attached hydrogens (tertiary/aromatic N) is 1. The van der Waals surface area contributed by atoms with E-state index in [0.29, 0.717) is 17.2 Å². The van der Waals surface area contributed by atoms with Crippen molar-refractivity contribution in [3.05, 3.63) is 47.5 Å². The highest BCUT2D eigenvalue weighted by Crippen LogP contribution is 2.45. The quantitative estimate of drug-likeness (QED) is 0.690. The maximum atomic E-state index is 12.5. The molecule has 0 amide bonds. The second-order valence-corrected chi connectivity index (χ2v) is 6.76. The standard InChI is InChI=1S/C20H21F3N2O4.2ClH/c1-26-16-10-14(11-17-19(16)28-12-27-17)18(25-8-6-24-7-9-25)13-2-4-15(5-3-13)29-20(21,22)23;;/h2-5,10-11,18,24H,6-9,12H2,1H3;2*1H/t18-;;/m1../s1. The Labute approximate surface area is 190 Å². The number of piperazine rings is 1. The van der Waals surface area contributed by atoms with Gasteiger partial charge in [0.05, 0.1) is 13.2 Å². The van der Waals surface area contributed by atoms with E-state index < -0.39 is 6.36 Å². The first-order chi connectivity index (χ1) is 13.9. The van der Waals surface area contributed by atoms with E-state index in [2.05, 4.69) is 15.0 Å². The third kappa shape index (κ3) is 5.79. The molecule has 2 aliphatic heterocycles. The third-order valence-corrected chi connectivity index (χ3v) is 4.94. The van der Waals surface area contributed by atoms with Gasteiger partial charge in [-0.1, -0.05) is 12.1 Å². The molecular formula is C20H23Cl2F3N2O4. The number of hydrogen-bond acceptors (Lipinski definition) is 6. The summed E-state index contributed by atoms with van der Waals surface area (Å²) in [6.07, 6.45) is -4.72. The van der Waals surface area contributed by atoms with E-state index in [9.17, 15) is 13.2 Å². The largest absolute Gasteiger partial charge is 0.573 e. The summed E-state index contributed by atoms with van der Waals surface area (Å²) < 4.78 is 58.0. The van der Waals surface area contributed by atoms with Crippen LogP contribution in [0.2, 0.25) is 0 Å². The fourth-order valence-corrected chi connectivity index (χ4v) is 3.71. The molecule has 1 N–H and O–H groups in total. The number of methoxy groups -OCH3 is 1. The number of halogens is 5. The van der Waals surface area contributed by atoms with Crippen LogP contribution >= 0.6 is 24.8 Å². The van der Waals surface area contributed by atoms with Crippen LogP contribution in [0.5, 0.6) is 23.0 Å². The Kier molecular flexibility index (Phi) is 8.53. The number of fused-ring (bicyclic) bond motifs is 1. The van der Waals surface area contributed by atoms with Gasteiger partial charge >= 0.3 is 6.36 Å². The molecular weight excluding hydrogens is 460 g/mol. The highest BCUT2D eigenvalue weighted by Gasteiger charge is 2.32. The van der Waals surface area contributed by atoms with Gasteiger partial charge in [0, 0.05) is 26.2 Å². The van der Waals surface area contributed by atoms with Crippen molar-refractivity contribution >= 4 is 24.8 Å². The summed E-state index contributed by atoms with van der Waals surface area (Å²) in [5, 5.41) is 3.32. The van der Waals surface area contributed by atoms with E-state index in [1.54, 1.807) is 19.2 Å². The SMILES string of the molecule is COc1cc([C@@H](c2ccc(OC(F)(F)F)cc2)N2CCNCC2)cc2c1OCO2.Cl.Cl. The highest BCUT2D eigenvalue weighted by atomic mass is 35.5. The van der Waals surface area contributed by atoms with Crippen LogP contribution in [-0.4, -0.2) is 51.3 Å². The monoisotopic (exact) mass is 482 g/mol. The van der Waals surface area contributed by atoms with Gasteiger partial charge in [0.15, 0.2) is 11.5 Å². The zero-order valence-corrected chi connectivity index (χ0v) is 18.2. The van der Waals surface area contributed by atoms with Gasteiger partial charge in [0.2, 0.25) is 12.5 Å². The van der Waals surface area contributed by atoms with Gasteiger partial charge in [-0.25, -0.2) is 0 Å². The van der Waals surface area contributed by atoms with Crippen molar-refractivity contribution in [2.24, 2.45) is 0 Å². The van der Waals surface area contributed by atoms with Gasteiger partial charge in [-0.05, 0) is 35.4 Å². The summed E-state index contributed by atoms with van der Waals surface area (Å²) in [4.78, 5) is 2.27. The van der Waals surface area contributed by atoms with Gasteiger partial charge in [-0.3, -0.25) is 4.90 Å². The molecule has 2 aliphatic rings. The summed E-state index contributed by atoms with van der Waals surface area (Å²) >= 11 is 0. The Hall–Kier alpha value is -2.07. The van der Waals surface area contributed by atoms with Crippen molar-refractivity contribution in [1.82, 2.24) is 10.2 Å². The number of hydrogen-bond donors (Lipinski definition) is 1. The molecule has 2 aromatic rings. The summed E-state index contributed by atoms with van der Waals surface area (Å²) in [7, 11) is 1.56. The van der Waals surface area contributed by atoms with Gasteiger partial charge < -0.3 is 24.3 Å². The lowest BCUT2D eigenvalue weighted by Gasteiger charge is -2.35. The van der Waals surface area contributed by atoms with E-state index in [-0.39, 0.29) is 43.4 Å². The van der Waals surface area contributed by atoms with Crippen molar-refractivity contribution in [2.75, 3.05) is 40.1 Å². The molecule has 1 saturated heterocycles. The van der Waals surface area contributed by atoms with E-state index in [1.807, 2.05) is 12.1 Å². The van der Waals surface area contributed by atoms with Crippen LogP contribution in [0.3, 0.4) is 0 Å². The third-order valence-electron chi connectivity index (χ3n) is 4.94. The predicted molar refractivity (Wildman–Crippen MR) is 113 cm³/mol. The maximum absolute atomic E-state index is 12.5. The summed E-state index contributed by atoms with van der Waals surface area (Å²) in [5.74, 6) is 1.47. The van der Waals surface area contributed by atoms with Crippen LogP contribution in [0, 0.1) is 0 Å². The van der Waals surface area contributed by atoms with Crippen LogP contribution in [0.25, 0.3) is 0 Å². The molecule has 0 saturated carbocycles. The first-order valence-electron chi connectivity index (χ1n) is 9.22. The molecule has 0 aromatic heterocycles. The lowest BCUT2D eigenvalue weighted by atomic mass is 9.95. The van der Waals surface area contributed by atoms with E-state index in [1.165, 1.54) is 12.1 Å². The van der Waals surface area contributed by atoms with Crippen molar-refractivity contribution in [1.29, 1.82) is 0 Å². The Morgan fingerprint density at radius 1 is 1.00 bits per heavy atom. The predicted octanol–water partition coefficient (Wildman–Crippen LogP) is 4.16. The van der Waals surface area contributed by atoms with E-state index >= 15 is 0 Å². The molecule has 1 atom stereocenters. The van der Waals surface area contributed by atoms with Crippen LogP contribution in [-0.2, 0) is 0 Å². The van der Waals surface area contributed by atoms with Gasteiger partial charge in [0.25, 0.3) is 0 Å². The Bertz CT molecular complexity index is 863. The Morgan fingerprint density at radius 2 is 1.68 bits per heavy atom. The van der Waals surface area contributed by atoms with Gasteiger partial charge in [-0.2, -0.15) is 0 Å². The lowest BCUT2D eigenvalue weighted by Crippen LogP contribution is -2.45. The minimum absolute atomic E-state index is 0. The molecule has 11 heteroatoms. The van der Waals surface area contributed by atoms with E-state index in [0.717, 1.165) is 37.3 Å². The Balaban J connectivity index is 0.00000171. The van der Waals surface area contributed by atoms with Crippen molar-refractivity contribution in [3.8, 4) is 23.0 Å². The van der Waals surface area contributed by atoms with Crippen LogP contribution in [0.1, 0.15) is 17.2 Å². The number of ether oxygens (including phenoxy) is 4. The van der Waals surface area contributed by atoms with E-state index in [4.69, 9.17) is 14.2 Å². The molecule has 0 spiro atoms. The number of nitrogens with one attached hydrogen (secondary N) is 1. The summed E-state index contributed by atoms with van der Waals surface area (Å²) in [6.45, 7) is 3.36. The van der Waals surface area contributed by atoms with Crippen molar-refractivity contribution < 1.29 is 32.1 Å². The zero-order chi connectivity index (χ0) is 20.4. The normalized spacial score (nSPS) is 16.6. The maximum Gasteiger partial charge on any atom is 0.573 e. The van der Waals surface area contributed by atoms with Gasteiger partial charge in [0.1, 0.15) is 5.75 Å². The molecule has 4 rings (SSSR count). The molecule has 31 heavy (non-hydrogen) atoms. The van der Waals surface area contributed by atoms with Crippen molar-refractivity contribution in [3.63, 3.8) is 0 Å². The topological polar surface area (TPSA) is 52.2 Å². The first kappa shape index (κ1) is 25.2. The minimum atomic E-state index is -4.72. The Morgan fingerprint density at radius 3 is 2.29 bits per heavy atom. The zero-order valence-electron chi connectivity index (χ0n) is 16.6. The fraction of sp³-hybridized carbons (Fsp3) is 0.400. The fourth-order valence-electron chi connectivity index (χ4n) is 3.71. The molecule has 0 aliphatic carbocycles. The minimum Gasteiger partial charge on any atom is -0.493 e. The second-order valence-electron chi connectivity index (χ2n) is 6.76. The summed E-state index contributed by atoms with van der Waals surface area (Å²) in [5.41, 5.74) is 1.76. The lowest BCUT2D eigenvalue weighted by molar-refractivity contribution is -0.274. The number of alkyl halides is 3. The highest BCUT2D eigenvalue weighted by molar-refractivity contribution is 5.85. The first-order valence-corrected chi connectivity index (χ1v) is 9.22.